The number of furan rings is 2. The summed E-state index contributed by atoms with van der Waals surface area (Å²) < 4.78 is 17.8. The first kappa shape index (κ1) is 42.2. The number of hydrogen-bond donors (Lipinski definition) is 0. The van der Waals surface area contributed by atoms with Gasteiger partial charge in [0.25, 0.3) is 0 Å². The van der Waals surface area contributed by atoms with Crippen molar-refractivity contribution in [1.29, 1.82) is 0 Å². The Kier molecular flexibility index (Phi) is 9.20. The van der Waals surface area contributed by atoms with Crippen LogP contribution in [0.25, 0.3) is 155 Å². The zero-order chi connectivity index (χ0) is 49.8. The van der Waals surface area contributed by atoms with E-state index >= 15 is 0 Å². The summed E-state index contributed by atoms with van der Waals surface area (Å²) >= 11 is 0. The van der Waals surface area contributed by atoms with E-state index in [9.17, 15) is 0 Å². The van der Waals surface area contributed by atoms with Crippen LogP contribution in [0.3, 0.4) is 0 Å². The molecule has 7 heteroatoms. The number of nitrogens with zero attached hydrogens (tertiary/aromatic N) is 5. The lowest BCUT2D eigenvalue weighted by molar-refractivity contribution is 0.668. The van der Waals surface area contributed by atoms with Crippen LogP contribution in [0.4, 0.5) is 0 Å². The minimum atomic E-state index is 0.527. The molecule has 0 amide bonds. The first-order valence-corrected chi connectivity index (χ1v) is 25.6. The quantitative estimate of drug-likeness (QED) is 0.159. The van der Waals surface area contributed by atoms with Crippen molar-refractivity contribution in [3.8, 4) is 67.8 Å². The van der Waals surface area contributed by atoms with E-state index in [-0.39, 0.29) is 0 Å². The van der Waals surface area contributed by atoms with Crippen molar-refractivity contribution in [1.82, 2.24) is 24.1 Å². The lowest BCUT2D eigenvalue weighted by Crippen LogP contribution is -2.04. The smallest absolute Gasteiger partial charge is 0.164 e. The third-order valence-electron chi connectivity index (χ3n) is 15.2. The lowest BCUT2D eigenvalue weighted by Gasteiger charge is -2.21. The molecular weight excluding hydrogens is 931 g/mol. The molecule has 5 aromatic heterocycles. The van der Waals surface area contributed by atoms with Crippen molar-refractivity contribution in [2.45, 2.75) is 0 Å². The molecule has 0 aliphatic rings. The average molecular weight is 972 g/mol. The molecule has 5 heterocycles. The van der Waals surface area contributed by atoms with Crippen LogP contribution in [0.1, 0.15) is 0 Å². The predicted octanol–water partition coefficient (Wildman–Crippen LogP) is 18.2. The number of benzene rings is 11. The van der Waals surface area contributed by atoms with E-state index in [4.69, 9.17) is 23.8 Å². The maximum atomic E-state index is 6.44. The molecule has 0 bridgehead atoms. The van der Waals surface area contributed by atoms with Gasteiger partial charge in [-0.2, -0.15) is 0 Å². The standard InChI is InChI=1S/C69H41N5O2/c1-3-18-42(19-4-1)54-38-46(69-71-67(44-34-36-51-49-24-10-15-32-61(49)75-63(51)40-44)70-68(72-69)45-35-37-52-50-25-11-16-33-62(50)76-64(52)41-45)39-55(43-20-5-2-6-21-43)66(54)74-58-29-14-9-26-53(58)65-59(30-17-31-60(65)74)73-56-27-12-7-22-47(56)48-23-8-13-28-57(48)73/h1-41H. The Morgan fingerprint density at radius 2 is 0.671 bits per heavy atom. The van der Waals surface area contributed by atoms with E-state index in [0.717, 1.165) is 111 Å². The molecule has 0 saturated carbocycles. The summed E-state index contributed by atoms with van der Waals surface area (Å²) in [6.07, 6.45) is 0. The fraction of sp³-hybridized carbons (Fsp3) is 0. The van der Waals surface area contributed by atoms with Crippen LogP contribution >= 0.6 is 0 Å². The van der Waals surface area contributed by atoms with E-state index in [1.807, 2.05) is 48.5 Å². The number of rotatable bonds is 7. The van der Waals surface area contributed by atoms with Gasteiger partial charge >= 0.3 is 0 Å². The van der Waals surface area contributed by atoms with Gasteiger partial charge in [-0.05, 0) is 90.0 Å². The van der Waals surface area contributed by atoms with Crippen molar-refractivity contribution in [3.63, 3.8) is 0 Å². The molecule has 0 aliphatic carbocycles. The summed E-state index contributed by atoms with van der Waals surface area (Å²) in [5, 5.41) is 8.97. The molecule has 11 aromatic carbocycles. The number of aromatic nitrogens is 5. The second-order valence-electron chi connectivity index (χ2n) is 19.5. The van der Waals surface area contributed by atoms with Crippen molar-refractivity contribution >= 4 is 87.5 Å². The fourth-order valence-electron chi connectivity index (χ4n) is 11.8. The molecule has 354 valence electrons. The Balaban J connectivity index is 0.979. The fourth-order valence-corrected chi connectivity index (χ4v) is 11.8. The Morgan fingerprint density at radius 3 is 1.20 bits per heavy atom. The molecule has 76 heavy (non-hydrogen) atoms. The first-order valence-electron chi connectivity index (χ1n) is 25.6. The Hall–Kier alpha value is -10.4. The van der Waals surface area contributed by atoms with Crippen LogP contribution in [0, 0.1) is 0 Å². The molecule has 16 aromatic rings. The van der Waals surface area contributed by atoms with Crippen molar-refractivity contribution in [3.05, 3.63) is 249 Å². The van der Waals surface area contributed by atoms with E-state index < -0.39 is 0 Å². The van der Waals surface area contributed by atoms with Crippen LogP contribution in [0.2, 0.25) is 0 Å². The third kappa shape index (κ3) is 6.46. The molecule has 0 aliphatic heterocycles. The SMILES string of the molecule is c1ccc(-c2cc(-c3nc(-c4ccc5c(c4)oc4ccccc45)nc(-c4ccc5c(c4)oc4ccccc45)n3)cc(-c3ccccc3)c2-n2c3ccccc3c3c(-n4c5ccccc5c5ccccc54)cccc32)cc1. The summed E-state index contributed by atoms with van der Waals surface area (Å²) in [7, 11) is 0. The normalized spacial score (nSPS) is 11.9. The van der Waals surface area contributed by atoms with E-state index in [1.54, 1.807) is 0 Å². The summed E-state index contributed by atoms with van der Waals surface area (Å²) in [5.74, 6) is 1.59. The van der Waals surface area contributed by atoms with Gasteiger partial charge in [-0.1, -0.05) is 170 Å². The van der Waals surface area contributed by atoms with Crippen molar-refractivity contribution in [2.24, 2.45) is 0 Å². The molecule has 0 spiro atoms. The van der Waals surface area contributed by atoms with Crippen molar-refractivity contribution < 1.29 is 8.83 Å². The minimum absolute atomic E-state index is 0.527. The molecule has 0 N–H and O–H groups in total. The largest absolute Gasteiger partial charge is 0.456 e. The third-order valence-corrected chi connectivity index (χ3v) is 15.2. The van der Waals surface area contributed by atoms with Gasteiger partial charge in [0.15, 0.2) is 17.5 Å². The van der Waals surface area contributed by atoms with E-state index in [0.29, 0.717) is 17.5 Å². The number of para-hydroxylation sites is 5. The highest BCUT2D eigenvalue weighted by Gasteiger charge is 2.26. The maximum absolute atomic E-state index is 6.44. The highest BCUT2D eigenvalue weighted by Crippen LogP contribution is 2.46. The minimum Gasteiger partial charge on any atom is -0.456 e. The van der Waals surface area contributed by atoms with Crippen LogP contribution in [0.15, 0.2) is 258 Å². The Bertz CT molecular complexity index is 4760. The summed E-state index contributed by atoms with van der Waals surface area (Å²) in [5.41, 5.74) is 16.5. The predicted molar refractivity (Wildman–Crippen MR) is 310 cm³/mol. The monoisotopic (exact) mass is 971 g/mol. The molecule has 7 nitrogen and oxygen atoms in total. The molecule has 16 rings (SSSR count). The van der Waals surface area contributed by atoms with Crippen LogP contribution in [0.5, 0.6) is 0 Å². The van der Waals surface area contributed by atoms with Crippen LogP contribution in [-0.4, -0.2) is 24.1 Å². The molecule has 0 unspecified atom stereocenters. The Labute approximate surface area is 434 Å². The van der Waals surface area contributed by atoms with Gasteiger partial charge in [-0.25, -0.2) is 15.0 Å². The number of hydrogen-bond acceptors (Lipinski definition) is 5. The van der Waals surface area contributed by atoms with E-state index in [2.05, 4.69) is 209 Å². The lowest BCUT2D eigenvalue weighted by atomic mass is 9.92. The van der Waals surface area contributed by atoms with Gasteiger partial charge in [-0.3, -0.25) is 0 Å². The Morgan fingerprint density at radius 1 is 0.263 bits per heavy atom. The molecule has 0 radical (unpaired) electrons. The highest BCUT2D eigenvalue weighted by molar-refractivity contribution is 6.17. The highest BCUT2D eigenvalue weighted by atomic mass is 16.3. The first-order chi connectivity index (χ1) is 37.7. The average Bonchev–Trinajstić information content (AvgIpc) is 4.34. The van der Waals surface area contributed by atoms with Gasteiger partial charge in [0, 0.05) is 70.9 Å². The van der Waals surface area contributed by atoms with Gasteiger partial charge in [-0.15, -0.1) is 0 Å². The topological polar surface area (TPSA) is 74.8 Å². The van der Waals surface area contributed by atoms with Gasteiger partial charge in [0.05, 0.1) is 33.4 Å². The van der Waals surface area contributed by atoms with E-state index in [1.165, 1.54) is 27.2 Å². The van der Waals surface area contributed by atoms with Crippen LogP contribution < -0.4 is 0 Å². The van der Waals surface area contributed by atoms with Gasteiger partial charge < -0.3 is 18.0 Å². The van der Waals surface area contributed by atoms with Crippen molar-refractivity contribution in [2.75, 3.05) is 0 Å². The van der Waals surface area contributed by atoms with Gasteiger partial charge in [0.2, 0.25) is 0 Å². The second kappa shape index (κ2) is 16.6. The summed E-state index contributed by atoms with van der Waals surface area (Å²) in [4.78, 5) is 16.1. The molecule has 0 fully saturated rings. The summed E-state index contributed by atoms with van der Waals surface area (Å²) in [6.45, 7) is 0. The summed E-state index contributed by atoms with van der Waals surface area (Å²) in [6, 6.07) is 87.7. The molecule has 0 saturated heterocycles. The zero-order valence-corrected chi connectivity index (χ0v) is 40.7. The second-order valence-corrected chi connectivity index (χ2v) is 19.5. The zero-order valence-electron chi connectivity index (χ0n) is 40.7. The number of fused-ring (bicyclic) bond motifs is 12. The van der Waals surface area contributed by atoms with Gasteiger partial charge in [0.1, 0.15) is 22.3 Å². The van der Waals surface area contributed by atoms with Crippen LogP contribution in [-0.2, 0) is 0 Å². The molecular formula is C69H41N5O2. The molecule has 0 atom stereocenters. The maximum Gasteiger partial charge on any atom is 0.164 e.